The molecule has 0 saturated carbocycles. The summed E-state index contributed by atoms with van der Waals surface area (Å²) >= 11 is 0. The molecule has 0 saturated heterocycles. The van der Waals surface area contributed by atoms with E-state index < -0.39 is 12.1 Å². The SMILES string of the molecule is O=C(O)C1N=CC2=CN=CC=CN21. The highest BCUT2D eigenvalue weighted by molar-refractivity contribution is 5.88. The van der Waals surface area contributed by atoms with Gasteiger partial charge in [0.25, 0.3) is 0 Å². The fraction of sp³-hybridized carbons (Fsp3) is 0.125. The number of nitrogens with zero attached hydrogens (tertiary/aromatic N) is 3. The zero-order valence-corrected chi connectivity index (χ0v) is 6.66. The van der Waals surface area contributed by atoms with Gasteiger partial charge in [0, 0.05) is 18.6 Å². The van der Waals surface area contributed by atoms with E-state index >= 15 is 0 Å². The number of aliphatic imine (C=N–C) groups is 2. The minimum absolute atomic E-state index is 0.692. The molecule has 0 spiro atoms. The number of carboxylic acid groups (broad SMARTS) is 1. The Labute approximate surface area is 74.4 Å². The Morgan fingerprint density at radius 3 is 3.23 bits per heavy atom. The highest BCUT2D eigenvalue weighted by Crippen LogP contribution is 2.18. The topological polar surface area (TPSA) is 65.3 Å². The molecular formula is C8H7N3O2. The van der Waals surface area contributed by atoms with Crippen molar-refractivity contribution in [2.24, 2.45) is 9.98 Å². The molecule has 0 radical (unpaired) electrons. The number of carboxylic acids is 1. The average molecular weight is 177 g/mol. The van der Waals surface area contributed by atoms with E-state index in [1.54, 1.807) is 29.6 Å². The van der Waals surface area contributed by atoms with E-state index in [0.717, 1.165) is 0 Å². The first-order valence-corrected chi connectivity index (χ1v) is 3.73. The van der Waals surface area contributed by atoms with Crippen LogP contribution in [0.3, 0.4) is 0 Å². The number of hydrogen-bond acceptors (Lipinski definition) is 4. The molecule has 66 valence electrons. The average Bonchev–Trinajstić information content (AvgIpc) is 2.36. The van der Waals surface area contributed by atoms with Crippen LogP contribution < -0.4 is 0 Å². The molecule has 1 unspecified atom stereocenters. The number of carbonyl (C=O) groups is 1. The summed E-state index contributed by atoms with van der Waals surface area (Å²) < 4.78 is 0. The van der Waals surface area contributed by atoms with Crippen LogP contribution in [0.25, 0.3) is 0 Å². The largest absolute Gasteiger partial charge is 0.478 e. The Balaban J connectivity index is 2.33. The van der Waals surface area contributed by atoms with Crippen LogP contribution in [0.1, 0.15) is 0 Å². The van der Waals surface area contributed by atoms with E-state index in [1.807, 2.05) is 0 Å². The molecule has 0 amide bonds. The smallest absolute Gasteiger partial charge is 0.349 e. The normalized spacial score (nSPS) is 24.2. The van der Waals surface area contributed by atoms with Gasteiger partial charge >= 0.3 is 5.97 Å². The molecular weight excluding hydrogens is 170 g/mol. The van der Waals surface area contributed by atoms with E-state index in [9.17, 15) is 4.79 Å². The summed E-state index contributed by atoms with van der Waals surface area (Å²) in [5, 5.41) is 8.79. The van der Waals surface area contributed by atoms with Gasteiger partial charge in [-0.2, -0.15) is 0 Å². The Kier molecular flexibility index (Phi) is 1.70. The molecule has 0 aliphatic carbocycles. The van der Waals surface area contributed by atoms with Gasteiger partial charge < -0.3 is 10.0 Å². The number of allylic oxidation sites excluding steroid dienone is 2. The fourth-order valence-electron chi connectivity index (χ4n) is 1.18. The second kappa shape index (κ2) is 2.85. The van der Waals surface area contributed by atoms with E-state index in [0.29, 0.717) is 5.70 Å². The van der Waals surface area contributed by atoms with Crippen LogP contribution in [0, 0.1) is 0 Å². The van der Waals surface area contributed by atoms with Gasteiger partial charge in [0.05, 0.1) is 11.9 Å². The molecule has 13 heavy (non-hydrogen) atoms. The molecule has 5 nitrogen and oxygen atoms in total. The van der Waals surface area contributed by atoms with E-state index in [1.165, 1.54) is 6.21 Å². The van der Waals surface area contributed by atoms with Crippen LogP contribution in [0.5, 0.6) is 0 Å². The van der Waals surface area contributed by atoms with Crippen molar-refractivity contribution in [1.29, 1.82) is 0 Å². The zero-order valence-electron chi connectivity index (χ0n) is 6.66. The van der Waals surface area contributed by atoms with Gasteiger partial charge in [0.1, 0.15) is 0 Å². The highest BCUT2D eigenvalue weighted by Gasteiger charge is 2.28. The van der Waals surface area contributed by atoms with Gasteiger partial charge in [0.2, 0.25) is 6.17 Å². The summed E-state index contributed by atoms with van der Waals surface area (Å²) in [5.74, 6) is -0.966. The van der Waals surface area contributed by atoms with Crippen LogP contribution in [-0.2, 0) is 4.79 Å². The number of fused-ring (bicyclic) bond motifs is 1. The minimum atomic E-state index is -0.966. The molecule has 0 fully saturated rings. The van der Waals surface area contributed by atoms with Crippen LogP contribution in [-0.4, -0.2) is 34.6 Å². The Bertz CT molecular complexity index is 354. The Hall–Kier alpha value is -1.91. The van der Waals surface area contributed by atoms with Gasteiger partial charge in [-0.15, -0.1) is 0 Å². The maximum atomic E-state index is 10.7. The van der Waals surface area contributed by atoms with Crippen molar-refractivity contribution >= 4 is 18.4 Å². The highest BCUT2D eigenvalue weighted by atomic mass is 16.4. The van der Waals surface area contributed by atoms with Crippen molar-refractivity contribution in [2.45, 2.75) is 6.17 Å². The van der Waals surface area contributed by atoms with Crippen molar-refractivity contribution in [3.05, 3.63) is 24.2 Å². The van der Waals surface area contributed by atoms with E-state index in [-0.39, 0.29) is 0 Å². The van der Waals surface area contributed by atoms with Gasteiger partial charge in [0.15, 0.2) is 0 Å². The van der Waals surface area contributed by atoms with Crippen molar-refractivity contribution in [2.75, 3.05) is 0 Å². The van der Waals surface area contributed by atoms with E-state index in [4.69, 9.17) is 5.11 Å². The fourth-order valence-corrected chi connectivity index (χ4v) is 1.18. The summed E-state index contributed by atoms with van der Waals surface area (Å²) in [6, 6.07) is 0. The molecule has 2 aliphatic rings. The lowest BCUT2D eigenvalue weighted by Gasteiger charge is -2.17. The standard InChI is InChI=1S/C8H7N3O2/c12-8(13)7-10-5-6-4-9-2-1-3-11(6)7/h1-5,7H,(H,12,13). The quantitative estimate of drug-likeness (QED) is 0.623. The van der Waals surface area contributed by atoms with Crippen molar-refractivity contribution < 1.29 is 9.90 Å². The second-order valence-electron chi connectivity index (χ2n) is 2.59. The van der Waals surface area contributed by atoms with Gasteiger partial charge in [-0.3, -0.25) is 9.98 Å². The molecule has 0 aromatic carbocycles. The Morgan fingerprint density at radius 1 is 1.62 bits per heavy atom. The third-order valence-corrected chi connectivity index (χ3v) is 1.76. The molecule has 0 aromatic heterocycles. The lowest BCUT2D eigenvalue weighted by atomic mass is 10.4. The second-order valence-corrected chi connectivity index (χ2v) is 2.59. The van der Waals surface area contributed by atoms with Crippen molar-refractivity contribution in [1.82, 2.24) is 4.90 Å². The van der Waals surface area contributed by atoms with Crippen LogP contribution in [0.15, 0.2) is 34.2 Å². The minimum Gasteiger partial charge on any atom is -0.478 e. The molecule has 5 heteroatoms. The van der Waals surface area contributed by atoms with Crippen LogP contribution in [0.4, 0.5) is 0 Å². The van der Waals surface area contributed by atoms with E-state index in [2.05, 4.69) is 9.98 Å². The number of rotatable bonds is 1. The van der Waals surface area contributed by atoms with Crippen molar-refractivity contribution in [3.63, 3.8) is 0 Å². The summed E-state index contributed by atoms with van der Waals surface area (Å²) in [4.78, 5) is 20.0. The first-order chi connectivity index (χ1) is 6.29. The predicted molar refractivity (Wildman–Crippen MR) is 47.5 cm³/mol. The van der Waals surface area contributed by atoms with Gasteiger partial charge in [-0.25, -0.2) is 4.79 Å². The first kappa shape index (κ1) is 7.72. The third-order valence-electron chi connectivity index (χ3n) is 1.76. The van der Waals surface area contributed by atoms with Crippen LogP contribution >= 0.6 is 0 Å². The molecule has 2 aliphatic heterocycles. The summed E-state index contributed by atoms with van der Waals surface area (Å²) in [7, 11) is 0. The predicted octanol–water partition coefficient (Wildman–Crippen LogP) is 0.223. The van der Waals surface area contributed by atoms with Gasteiger partial charge in [-0.05, 0) is 6.08 Å². The number of aliphatic carboxylic acids is 1. The first-order valence-electron chi connectivity index (χ1n) is 3.73. The molecule has 2 heterocycles. The summed E-state index contributed by atoms with van der Waals surface area (Å²) in [5.41, 5.74) is 0.692. The molecule has 1 atom stereocenters. The monoisotopic (exact) mass is 177 g/mol. The maximum absolute atomic E-state index is 10.7. The lowest BCUT2D eigenvalue weighted by Crippen LogP contribution is -2.31. The molecule has 2 rings (SSSR count). The summed E-state index contributed by atoms with van der Waals surface area (Å²) in [6.45, 7) is 0. The summed E-state index contributed by atoms with van der Waals surface area (Å²) in [6.07, 6.45) is 7.16. The van der Waals surface area contributed by atoms with Crippen molar-refractivity contribution in [3.8, 4) is 0 Å². The van der Waals surface area contributed by atoms with Gasteiger partial charge in [-0.1, -0.05) is 0 Å². The lowest BCUT2D eigenvalue weighted by molar-refractivity contribution is -0.140. The third kappa shape index (κ3) is 1.24. The molecule has 0 bridgehead atoms. The maximum Gasteiger partial charge on any atom is 0.349 e. The zero-order chi connectivity index (χ0) is 9.26. The Morgan fingerprint density at radius 2 is 2.46 bits per heavy atom. The molecule has 0 aromatic rings. The number of hydrogen-bond donors (Lipinski definition) is 1. The van der Waals surface area contributed by atoms with Crippen LogP contribution in [0.2, 0.25) is 0 Å². The molecule has 1 N–H and O–H groups in total.